The van der Waals surface area contributed by atoms with Crippen molar-refractivity contribution in [3.63, 3.8) is 0 Å². The number of nitrogens with zero attached hydrogens (tertiary/aromatic N) is 2. The van der Waals surface area contributed by atoms with Crippen molar-refractivity contribution in [3.8, 4) is 0 Å². The summed E-state index contributed by atoms with van der Waals surface area (Å²) in [5.41, 5.74) is 1.05. The van der Waals surface area contributed by atoms with E-state index in [-0.39, 0.29) is 17.2 Å². The fourth-order valence-electron chi connectivity index (χ4n) is 2.82. The van der Waals surface area contributed by atoms with Crippen molar-refractivity contribution in [2.75, 3.05) is 12.8 Å². The third-order valence-electron chi connectivity index (χ3n) is 4.08. The number of para-hydroxylation sites is 1. The second kappa shape index (κ2) is 6.36. The molecular formula is C16H20N2OS2. The molecule has 3 rings (SSSR count). The summed E-state index contributed by atoms with van der Waals surface area (Å²) in [7, 11) is 0. The van der Waals surface area contributed by atoms with Gasteiger partial charge >= 0.3 is 0 Å². The highest BCUT2D eigenvalue weighted by Crippen LogP contribution is 2.36. The van der Waals surface area contributed by atoms with Gasteiger partial charge in [-0.3, -0.25) is 4.79 Å². The van der Waals surface area contributed by atoms with E-state index in [9.17, 15) is 4.79 Å². The Morgan fingerprint density at radius 3 is 3.00 bits per heavy atom. The normalized spacial score (nSPS) is 20.7. The molecule has 0 spiro atoms. The highest BCUT2D eigenvalue weighted by Gasteiger charge is 2.32. The minimum atomic E-state index is 0.0278. The van der Waals surface area contributed by atoms with Crippen LogP contribution in [0.4, 0.5) is 0 Å². The number of thiazole rings is 1. The Labute approximate surface area is 133 Å². The number of benzene rings is 1. The molecule has 0 saturated carbocycles. The number of rotatable bonds is 3. The molecule has 0 bridgehead atoms. The third-order valence-corrected chi connectivity index (χ3v) is 6.13. The van der Waals surface area contributed by atoms with Gasteiger partial charge in [-0.25, -0.2) is 4.98 Å². The molecule has 2 atom stereocenters. The second-order valence-corrected chi connectivity index (χ2v) is 7.68. The standard InChI is InChI=1S/C16H20N2OS2/c1-11(20-2)16(19)18-10-6-5-8-13(18)15-17-12-7-3-4-9-14(12)21-15/h3-4,7,9,11,13H,5-6,8,10H2,1-2H3/t11-,13-/m0/s1. The van der Waals surface area contributed by atoms with Crippen molar-refractivity contribution in [1.29, 1.82) is 0 Å². The van der Waals surface area contributed by atoms with Crippen LogP contribution in [-0.4, -0.2) is 33.8 Å². The Hall–Kier alpha value is -1.07. The predicted molar refractivity (Wildman–Crippen MR) is 90.9 cm³/mol. The fourth-order valence-corrected chi connectivity index (χ4v) is 4.27. The maximum Gasteiger partial charge on any atom is 0.235 e. The number of fused-ring (bicyclic) bond motifs is 1. The van der Waals surface area contributed by atoms with Crippen LogP contribution >= 0.6 is 23.1 Å². The van der Waals surface area contributed by atoms with E-state index in [1.165, 1.54) is 11.1 Å². The maximum absolute atomic E-state index is 12.6. The van der Waals surface area contributed by atoms with Gasteiger partial charge in [-0.05, 0) is 44.6 Å². The minimum Gasteiger partial charge on any atom is -0.332 e. The van der Waals surface area contributed by atoms with E-state index in [2.05, 4.69) is 17.0 Å². The van der Waals surface area contributed by atoms with Crippen molar-refractivity contribution in [2.24, 2.45) is 0 Å². The number of carbonyl (C=O) groups excluding carboxylic acids is 1. The lowest BCUT2D eigenvalue weighted by Gasteiger charge is -2.35. The first kappa shape index (κ1) is 14.9. The second-order valence-electron chi connectivity index (χ2n) is 5.44. The van der Waals surface area contributed by atoms with Crippen molar-refractivity contribution in [3.05, 3.63) is 29.3 Å². The van der Waals surface area contributed by atoms with E-state index < -0.39 is 0 Å². The summed E-state index contributed by atoms with van der Waals surface area (Å²) in [6.07, 6.45) is 5.32. The molecule has 1 aliphatic heterocycles. The summed E-state index contributed by atoms with van der Waals surface area (Å²) < 4.78 is 1.21. The molecule has 1 saturated heterocycles. The van der Waals surface area contributed by atoms with Crippen LogP contribution in [0.1, 0.15) is 37.2 Å². The lowest BCUT2D eigenvalue weighted by Crippen LogP contribution is -2.42. The smallest absolute Gasteiger partial charge is 0.235 e. The van der Waals surface area contributed by atoms with Crippen molar-refractivity contribution in [1.82, 2.24) is 9.88 Å². The Morgan fingerprint density at radius 1 is 1.43 bits per heavy atom. The molecule has 21 heavy (non-hydrogen) atoms. The van der Waals surface area contributed by atoms with Gasteiger partial charge in [0, 0.05) is 6.54 Å². The summed E-state index contributed by atoms with van der Waals surface area (Å²) in [6.45, 7) is 2.86. The summed E-state index contributed by atoms with van der Waals surface area (Å²) in [5.74, 6) is 0.256. The fraction of sp³-hybridized carbons (Fsp3) is 0.500. The van der Waals surface area contributed by atoms with Gasteiger partial charge in [-0.15, -0.1) is 11.3 Å². The molecule has 2 heterocycles. The lowest BCUT2D eigenvalue weighted by atomic mass is 10.0. The van der Waals surface area contributed by atoms with E-state index in [1.54, 1.807) is 23.1 Å². The molecule has 0 radical (unpaired) electrons. The van der Waals surface area contributed by atoms with Crippen LogP contribution in [0.3, 0.4) is 0 Å². The topological polar surface area (TPSA) is 33.2 Å². The van der Waals surface area contributed by atoms with Gasteiger partial charge in [-0.2, -0.15) is 11.8 Å². The number of hydrogen-bond acceptors (Lipinski definition) is 4. The molecule has 0 N–H and O–H groups in total. The summed E-state index contributed by atoms with van der Waals surface area (Å²) >= 11 is 3.35. The molecule has 3 nitrogen and oxygen atoms in total. The van der Waals surface area contributed by atoms with Gasteiger partial charge in [0.25, 0.3) is 0 Å². The Bertz CT molecular complexity index is 607. The van der Waals surface area contributed by atoms with E-state index in [0.717, 1.165) is 29.9 Å². The van der Waals surface area contributed by atoms with Crippen LogP contribution in [0.25, 0.3) is 10.2 Å². The lowest BCUT2D eigenvalue weighted by molar-refractivity contribution is -0.134. The Morgan fingerprint density at radius 2 is 2.24 bits per heavy atom. The molecule has 0 aliphatic carbocycles. The molecule has 1 aromatic heterocycles. The monoisotopic (exact) mass is 320 g/mol. The van der Waals surface area contributed by atoms with E-state index >= 15 is 0 Å². The molecule has 1 amide bonds. The molecule has 2 aromatic rings. The Kier molecular flexibility index (Phi) is 4.50. The van der Waals surface area contributed by atoms with Crippen LogP contribution in [0.2, 0.25) is 0 Å². The summed E-state index contributed by atoms with van der Waals surface area (Å²) in [6, 6.07) is 8.39. The van der Waals surface area contributed by atoms with Gasteiger partial charge in [-0.1, -0.05) is 12.1 Å². The number of amides is 1. The van der Waals surface area contributed by atoms with Gasteiger partial charge in [0.2, 0.25) is 5.91 Å². The number of aromatic nitrogens is 1. The van der Waals surface area contributed by atoms with Crippen LogP contribution in [-0.2, 0) is 4.79 Å². The van der Waals surface area contributed by atoms with Gasteiger partial charge in [0.15, 0.2) is 0 Å². The van der Waals surface area contributed by atoms with Crippen molar-refractivity contribution in [2.45, 2.75) is 37.5 Å². The van der Waals surface area contributed by atoms with Gasteiger partial charge in [0.05, 0.1) is 21.5 Å². The van der Waals surface area contributed by atoms with E-state index in [1.807, 2.05) is 25.3 Å². The maximum atomic E-state index is 12.6. The summed E-state index contributed by atoms with van der Waals surface area (Å²) in [4.78, 5) is 19.4. The largest absolute Gasteiger partial charge is 0.332 e. The van der Waals surface area contributed by atoms with Gasteiger partial charge < -0.3 is 4.90 Å². The highest BCUT2D eigenvalue weighted by atomic mass is 32.2. The number of thioether (sulfide) groups is 1. The third kappa shape index (κ3) is 2.94. The molecule has 112 valence electrons. The molecule has 1 aromatic carbocycles. The van der Waals surface area contributed by atoms with Crippen LogP contribution < -0.4 is 0 Å². The first-order chi connectivity index (χ1) is 10.2. The molecular weight excluding hydrogens is 300 g/mol. The van der Waals surface area contributed by atoms with Crippen LogP contribution in [0, 0.1) is 0 Å². The zero-order chi connectivity index (χ0) is 14.8. The number of likely N-dealkylation sites (tertiary alicyclic amines) is 1. The highest BCUT2D eigenvalue weighted by molar-refractivity contribution is 7.99. The first-order valence-corrected chi connectivity index (χ1v) is 9.50. The van der Waals surface area contributed by atoms with Crippen molar-refractivity contribution >= 4 is 39.2 Å². The SMILES string of the molecule is CS[C@@H](C)C(=O)N1CCCC[C@H]1c1nc2ccccc2s1. The van der Waals surface area contributed by atoms with E-state index in [4.69, 9.17) is 4.98 Å². The molecule has 0 unspecified atom stereocenters. The van der Waals surface area contributed by atoms with Gasteiger partial charge in [0.1, 0.15) is 5.01 Å². The zero-order valence-electron chi connectivity index (χ0n) is 12.4. The van der Waals surface area contributed by atoms with Crippen LogP contribution in [0.15, 0.2) is 24.3 Å². The quantitative estimate of drug-likeness (QED) is 0.853. The predicted octanol–water partition coefficient (Wildman–Crippen LogP) is 4.10. The Balaban J connectivity index is 1.91. The number of carbonyl (C=O) groups is 1. The van der Waals surface area contributed by atoms with E-state index in [0.29, 0.717) is 0 Å². The minimum absolute atomic E-state index is 0.0278. The molecule has 1 fully saturated rings. The zero-order valence-corrected chi connectivity index (χ0v) is 14.0. The first-order valence-electron chi connectivity index (χ1n) is 7.39. The molecule has 1 aliphatic rings. The average molecular weight is 320 g/mol. The average Bonchev–Trinajstić information content (AvgIpc) is 2.97. The summed E-state index contributed by atoms with van der Waals surface area (Å²) in [5, 5.41) is 1.12. The van der Waals surface area contributed by atoms with Crippen molar-refractivity contribution < 1.29 is 4.79 Å². The molecule has 5 heteroatoms. The number of hydrogen-bond donors (Lipinski definition) is 0. The number of piperidine rings is 1. The van der Waals surface area contributed by atoms with Crippen LogP contribution in [0.5, 0.6) is 0 Å².